The van der Waals surface area contributed by atoms with Gasteiger partial charge in [-0.2, -0.15) is 0 Å². The molecule has 176 valence electrons. The summed E-state index contributed by atoms with van der Waals surface area (Å²) < 4.78 is 23.9. The van der Waals surface area contributed by atoms with Crippen molar-refractivity contribution in [1.82, 2.24) is 4.90 Å². The zero-order chi connectivity index (χ0) is 24.6. The predicted octanol–water partition coefficient (Wildman–Crippen LogP) is 5.83. The Morgan fingerprint density at radius 2 is 1.79 bits per heavy atom. The molecule has 0 radical (unpaired) electrons. The summed E-state index contributed by atoms with van der Waals surface area (Å²) in [5.41, 5.74) is 0.530. The van der Waals surface area contributed by atoms with Gasteiger partial charge in [-0.05, 0) is 35.2 Å². The average molecular weight is 522 g/mol. The van der Waals surface area contributed by atoms with E-state index in [-0.39, 0.29) is 39.2 Å². The molecular formula is C24H18Cl2FNO5S. The maximum absolute atomic E-state index is 13.4. The number of methoxy groups -OCH3 is 2. The van der Waals surface area contributed by atoms with Crippen LogP contribution in [-0.4, -0.2) is 35.9 Å². The van der Waals surface area contributed by atoms with Crippen molar-refractivity contribution in [3.8, 4) is 11.5 Å². The van der Waals surface area contributed by atoms with E-state index in [0.29, 0.717) is 10.4 Å². The van der Waals surface area contributed by atoms with Crippen molar-refractivity contribution in [1.29, 1.82) is 0 Å². The van der Waals surface area contributed by atoms with Gasteiger partial charge in [-0.3, -0.25) is 9.59 Å². The molecular weight excluding hydrogens is 504 g/mol. The van der Waals surface area contributed by atoms with Gasteiger partial charge in [-0.15, -0.1) is 11.3 Å². The predicted molar refractivity (Wildman–Crippen MR) is 128 cm³/mol. The molecule has 3 aromatic rings. The van der Waals surface area contributed by atoms with Crippen LogP contribution in [0.1, 0.15) is 22.0 Å². The highest BCUT2D eigenvalue weighted by Gasteiger charge is 2.47. The minimum Gasteiger partial charge on any atom is -0.507 e. The summed E-state index contributed by atoms with van der Waals surface area (Å²) in [5.74, 6) is -2.39. The summed E-state index contributed by atoms with van der Waals surface area (Å²) >= 11 is 14.0. The maximum atomic E-state index is 13.4. The zero-order valence-electron chi connectivity index (χ0n) is 18.0. The normalized spacial score (nSPS) is 17.3. The molecule has 2 aromatic carbocycles. The summed E-state index contributed by atoms with van der Waals surface area (Å²) in [7, 11) is 2.72. The third kappa shape index (κ3) is 4.13. The van der Waals surface area contributed by atoms with E-state index in [9.17, 15) is 19.1 Å². The van der Waals surface area contributed by atoms with E-state index in [1.165, 1.54) is 60.8 Å². The first-order valence-electron chi connectivity index (χ1n) is 9.95. The fourth-order valence-electron chi connectivity index (χ4n) is 3.86. The van der Waals surface area contributed by atoms with Crippen molar-refractivity contribution in [3.63, 3.8) is 0 Å². The minimum absolute atomic E-state index is 0.00673. The third-order valence-corrected chi connectivity index (χ3v) is 6.96. The summed E-state index contributed by atoms with van der Waals surface area (Å²) in [6.45, 7) is 0.0332. The number of aliphatic hydroxyl groups excluding tert-OH is 1. The fourth-order valence-corrected chi connectivity index (χ4v) is 5.40. The van der Waals surface area contributed by atoms with Crippen LogP contribution in [-0.2, 0) is 16.1 Å². The van der Waals surface area contributed by atoms with Crippen molar-refractivity contribution in [2.75, 3.05) is 14.2 Å². The van der Waals surface area contributed by atoms with Gasteiger partial charge >= 0.3 is 0 Å². The molecule has 1 aliphatic rings. The molecule has 10 heteroatoms. The van der Waals surface area contributed by atoms with Gasteiger partial charge in [0.25, 0.3) is 11.7 Å². The molecule has 1 saturated heterocycles. The van der Waals surface area contributed by atoms with Gasteiger partial charge in [-0.25, -0.2) is 4.39 Å². The number of ketones is 1. The van der Waals surface area contributed by atoms with Gasteiger partial charge in [0, 0.05) is 11.4 Å². The number of likely N-dealkylation sites (tertiary alicyclic amines) is 1. The first-order chi connectivity index (χ1) is 16.3. The van der Waals surface area contributed by atoms with Crippen molar-refractivity contribution in [2.24, 2.45) is 0 Å². The van der Waals surface area contributed by atoms with E-state index in [1.54, 1.807) is 17.5 Å². The monoisotopic (exact) mass is 521 g/mol. The van der Waals surface area contributed by atoms with Gasteiger partial charge in [0.2, 0.25) is 0 Å². The van der Waals surface area contributed by atoms with Crippen LogP contribution in [0.2, 0.25) is 10.0 Å². The van der Waals surface area contributed by atoms with E-state index >= 15 is 0 Å². The van der Waals surface area contributed by atoms with Crippen molar-refractivity contribution >= 4 is 52.0 Å². The van der Waals surface area contributed by atoms with Crippen LogP contribution in [0.3, 0.4) is 0 Å². The Morgan fingerprint density at radius 1 is 1.12 bits per heavy atom. The second-order valence-electron chi connectivity index (χ2n) is 7.36. The molecule has 2 heterocycles. The third-order valence-electron chi connectivity index (χ3n) is 5.41. The Balaban J connectivity index is 1.90. The number of amides is 1. The number of halogens is 3. The van der Waals surface area contributed by atoms with E-state index < -0.39 is 29.3 Å². The molecule has 4 rings (SSSR count). The van der Waals surface area contributed by atoms with Crippen LogP contribution >= 0.6 is 34.5 Å². The molecule has 0 spiro atoms. The molecule has 1 atom stereocenters. The Bertz CT molecular complexity index is 1290. The summed E-state index contributed by atoms with van der Waals surface area (Å²) in [4.78, 5) is 28.3. The summed E-state index contributed by atoms with van der Waals surface area (Å²) in [6.07, 6.45) is 0. The van der Waals surface area contributed by atoms with Gasteiger partial charge in [-0.1, -0.05) is 41.4 Å². The fraction of sp³-hybridized carbons (Fsp3) is 0.167. The molecule has 6 nitrogen and oxygen atoms in total. The molecule has 1 unspecified atom stereocenters. The van der Waals surface area contributed by atoms with E-state index in [0.717, 1.165) is 0 Å². The van der Waals surface area contributed by atoms with E-state index in [1.807, 2.05) is 0 Å². The van der Waals surface area contributed by atoms with Crippen LogP contribution in [0.4, 0.5) is 4.39 Å². The molecule has 1 amide bonds. The second-order valence-corrected chi connectivity index (χ2v) is 9.12. The minimum atomic E-state index is -0.880. The van der Waals surface area contributed by atoms with Crippen molar-refractivity contribution < 1.29 is 28.6 Å². The number of ether oxygens (including phenoxy) is 2. The molecule has 1 aliphatic heterocycles. The Morgan fingerprint density at radius 3 is 2.38 bits per heavy atom. The lowest BCUT2D eigenvalue weighted by Crippen LogP contribution is -2.28. The molecule has 0 aliphatic carbocycles. The van der Waals surface area contributed by atoms with Crippen LogP contribution in [0.15, 0.2) is 53.4 Å². The SMILES string of the molecule is COc1c(Cl)cc(/C(O)=C2/C(=O)C(=O)N(Cc3ccc(F)cc3)C2c2cccs2)c(OC)c1Cl. The topological polar surface area (TPSA) is 76.1 Å². The number of carbonyl (C=O) groups is 2. The zero-order valence-corrected chi connectivity index (χ0v) is 20.3. The first kappa shape index (κ1) is 24.1. The van der Waals surface area contributed by atoms with Gasteiger partial charge in [0.15, 0.2) is 11.5 Å². The van der Waals surface area contributed by atoms with Gasteiger partial charge in [0.1, 0.15) is 16.6 Å². The highest BCUT2D eigenvalue weighted by molar-refractivity contribution is 7.10. The smallest absolute Gasteiger partial charge is 0.295 e. The second kappa shape index (κ2) is 9.66. The number of benzene rings is 2. The number of thiophene rings is 1. The lowest BCUT2D eigenvalue weighted by atomic mass is 9.99. The molecule has 1 fully saturated rings. The molecule has 1 N–H and O–H groups in total. The number of nitrogens with zero attached hydrogens (tertiary/aromatic N) is 1. The number of rotatable bonds is 6. The first-order valence-corrected chi connectivity index (χ1v) is 11.6. The van der Waals surface area contributed by atoms with Crippen molar-refractivity contribution in [3.05, 3.63) is 85.3 Å². The highest BCUT2D eigenvalue weighted by Crippen LogP contribution is 2.48. The van der Waals surface area contributed by atoms with E-state index in [2.05, 4.69) is 0 Å². The molecule has 0 bridgehead atoms. The molecule has 0 saturated carbocycles. The average Bonchev–Trinajstić information content (AvgIpc) is 3.43. The van der Waals surface area contributed by atoms with Crippen LogP contribution < -0.4 is 9.47 Å². The molecule has 34 heavy (non-hydrogen) atoms. The van der Waals surface area contributed by atoms with E-state index in [4.69, 9.17) is 32.7 Å². The maximum Gasteiger partial charge on any atom is 0.295 e. The van der Waals surface area contributed by atoms with Gasteiger partial charge < -0.3 is 19.5 Å². The largest absolute Gasteiger partial charge is 0.507 e. The number of hydrogen-bond acceptors (Lipinski definition) is 6. The summed E-state index contributed by atoms with van der Waals surface area (Å²) in [5, 5.41) is 13.2. The Kier molecular flexibility index (Phi) is 6.84. The van der Waals surface area contributed by atoms with Crippen molar-refractivity contribution in [2.45, 2.75) is 12.6 Å². The Hall–Kier alpha value is -3.07. The number of hydrogen-bond donors (Lipinski definition) is 1. The number of Topliss-reactive ketones (excluding diaryl/α,β-unsaturated/α-hetero) is 1. The lowest BCUT2D eigenvalue weighted by Gasteiger charge is -2.24. The summed E-state index contributed by atoms with van der Waals surface area (Å²) in [6, 6.07) is 9.64. The van der Waals surface area contributed by atoms with Crippen LogP contribution in [0.5, 0.6) is 11.5 Å². The lowest BCUT2D eigenvalue weighted by molar-refractivity contribution is -0.140. The van der Waals surface area contributed by atoms with Crippen LogP contribution in [0, 0.1) is 5.82 Å². The molecule has 1 aromatic heterocycles. The Labute approximate surface area is 208 Å². The number of carbonyl (C=O) groups excluding carboxylic acids is 2. The highest BCUT2D eigenvalue weighted by atomic mass is 35.5. The van der Waals surface area contributed by atoms with Gasteiger partial charge in [0.05, 0.1) is 36.4 Å². The quantitative estimate of drug-likeness (QED) is 0.250. The van der Waals surface area contributed by atoms with Crippen LogP contribution in [0.25, 0.3) is 5.76 Å². The standard InChI is InChI=1S/C24H18Cl2FNO5S/c1-32-22-14(10-15(25)23(33-2)18(22)26)20(29)17-19(16-4-3-9-34-16)28(24(31)21(17)30)11-12-5-7-13(27)8-6-12/h3-10,19,29H,11H2,1-2H3/b20-17-. The number of aliphatic hydroxyl groups is 1.